The maximum atomic E-state index is 12.3. The van der Waals surface area contributed by atoms with E-state index in [1.54, 1.807) is 19.2 Å². The molecule has 3 N–H and O–H groups in total. The highest BCUT2D eigenvalue weighted by Crippen LogP contribution is 2.32. The fourth-order valence-electron chi connectivity index (χ4n) is 2.10. The fourth-order valence-corrected chi connectivity index (χ4v) is 2.72. The summed E-state index contributed by atoms with van der Waals surface area (Å²) in [4.78, 5) is 16.4. The standard InChI is InChI=1S/C12H13BrF3N3O/c1-17-8(2-3-12(14,15)16)6-4-9-10(5-7(6)13)19-11(20)18-9/h4-5,8,17H,2-3H2,1H3,(H2,18,19,20). The van der Waals surface area contributed by atoms with Crippen LogP contribution in [0.4, 0.5) is 13.2 Å². The molecule has 2 aromatic rings. The lowest BCUT2D eigenvalue weighted by molar-refractivity contribution is -0.136. The number of hydrogen-bond acceptors (Lipinski definition) is 2. The van der Waals surface area contributed by atoms with Gasteiger partial charge in [0.2, 0.25) is 0 Å². The monoisotopic (exact) mass is 351 g/mol. The molecule has 0 fully saturated rings. The van der Waals surface area contributed by atoms with Crippen LogP contribution in [0.5, 0.6) is 0 Å². The zero-order chi connectivity index (χ0) is 14.9. The van der Waals surface area contributed by atoms with Gasteiger partial charge in [0.1, 0.15) is 0 Å². The Morgan fingerprint density at radius 2 is 1.90 bits per heavy atom. The molecule has 110 valence electrons. The summed E-state index contributed by atoms with van der Waals surface area (Å²) >= 11 is 3.33. The van der Waals surface area contributed by atoms with Crippen molar-refractivity contribution in [3.8, 4) is 0 Å². The van der Waals surface area contributed by atoms with Crippen molar-refractivity contribution in [1.82, 2.24) is 15.3 Å². The van der Waals surface area contributed by atoms with E-state index < -0.39 is 18.6 Å². The normalized spacial score (nSPS) is 13.8. The first-order chi connectivity index (χ1) is 9.30. The minimum atomic E-state index is -4.19. The number of alkyl halides is 3. The van der Waals surface area contributed by atoms with Gasteiger partial charge < -0.3 is 15.3 Å². The molecule has 0 aliphatic carbocycles. The number of rotatable bonds is 4. The molecule has 0 spiro atoms. The van der Waals surface area contributed by atoms with Crippen LogP contribution in [0.2, 0.25) is 0 Å². The van der Waals surface area contributed by atoms with E-state index in [4.69, 9.17) is 0 Å². The highest BCUT2D eigenvalue weighted by Gasteiger charge is 2.29. The minimum Gasteiger partial charge on any atom is -0.313 e. The summed E-state index contributed by atoms with van der Waals surface area (Å²) in [6, 6.07) is 2.91. The molecular weight excluding hydrogens is 339 g/mol. The summed E-state index contributed by atoms with van der Waals surface area (Å²) in [5, 5.41) is 2.87. The Bertz CT molecular complexity index is 662. The van der Waals surface area contributed by atoms with Crippen LogP contribution in [0.25, 0.3) is 11.0 Å². The van der Waals surface area contributed by atoms with Crippen molar-refractivity contribution in [3.63, 3.8) is 0 Å². The molecule has 0 radical (unpaired) electrons. The Labute approximate surface area is 120 Å². The van der Waals surface area contributed by atoms with Crippen LogP contribution in [0, 0.1) is 0 Å². The van der Waals surface area contributed by atoms with Gasteiger partial charge in [-0.1, -0.05) is 15.9 Å². The van der Waals surface area contributed by atoms with Crippen molar-refractivity contribution in [3.05, 3.63) is 32.7 Å². The summed E-state index contributed by atoms with van der Waals surface area (Å²) in [5.41, 5.74) is 1.51. The number of nitrogens with one attached hydrogen (secondary N) is 3. The van der Waals surface area contributed by atoms with Gasteiger partial charge in [0, 0.05) is 16.9 Å². The van der Waals surface area contributed by atoms with Crippen LogP contribution < -0.4 is 11.0 Å². The summed E-state index contributed by atoms with van der Waals surface area (Å²) in [7, 11) is 1.61. The Hall–Kier alpha value is -1.28. The summed E-state index contributed by atoms with van der Waals surface area (Å²) in [6.07, 6.45) is -5.13. The number of aromatic amines is 2. The van der Waals surface area contributed by atoms with Crippen LogP contribution in [-0.2, 0) is 0 Å². The van der Waals surface area contributed by atoms with Crippen LogP contribution in [0.1, 0.15) is 24.4 Å². The molecule has 0 aliphatic heterocycles. The van der Waals surface area contributed by atoms with Crippen LogP contribution in [0.15, 0.2) is 21.4 Å². The first kappa shape index (κ1) is 15.1. The van der Waals surface area contributed by atoms with E-state index in [0.717, 1.165) is 0 Å². The largest absolute Gasteiger partial charge is 0.389 e. The number of hydrogen-bond donors (Lipinski definition) is 3. The Kier molecular flexibility index (Phi) is 4.24. The van der Waals surface area contributed by atoms with E-state index in [9.17, 15) is 18.0 Å². The van der Waals surface area contributed by atoms with Crippen LogP contribution in [-0.4, -0.2) is 23.2 Å². The van der Waals surface area contributed by atoms with Gasteiger partial charge in [-0.2, -0.15) is 13.2 Å². The van der Waals surface area contributed by atoms with Crippen molar-refractivity contribution in [2.45, 2.75) is 25.1 Å². The maximum absolute atomic E-state index is 12.3. The number of benzene rings is 1. The Morgan fingerprint density at radius 3 is 2.45 bits per heavy atom. The van der Waals surface area contributed by atoms with E-state index in [1.165, 1.54) is 0 Å². The first-order valence-corrected chi connectivity index (χ1v) is 6.75. The van der Waals surface area contributed by atoms with Gasteiger partial charge in [0.25, 0.3) is 0 Å². The zero-order valence-corrected chi connectivity index (χ0v) is 12.2. The molecule has 8 heteroatoms. The highest BCUT2D eigenvalue weighted by molar-refractivity contribution is 9.10. The van der Waals surface area contributed by atoms with Crippen molar-refractivity contribution in [2.24, 2.45) is 0 Å². The Morgan fingerprint density at radius 1 is 1.30 bits per heavy atom. The average molecular weight is 352 g/mol. The third-order valence-electron chi connectivity index (χ3n) is 3.07. The van der Waals surface area contributed by atoms with Crippen molar-refractivity contribution in [2.75, 3.05) is 7.05 Å². The van der Waals surface area contributed by atoms with Crippen molar-refractivity contribution >= 4 is 27.0 Å². The predicted molar refractivity (Wildman–Crippen MR) is 73.7 cm³/mol. The van der Waals surface area contributed by atoms with E-state index in [1.807, 2.05) is 0 Å². The molecule has 0 saturated heterocycles. The van der Waals surface area contributed by atoms with E-state index in [-0.39, 0.29) is 12.1 Å². The number of aromatic nitrogens is 2. The summed E-state index contributed by atoms with van der Waals surface area (Å²) < 4.78 is 37.7. The molecule has 20 heavy (non-hydrogen) atoms. The van der Waals surface area contributed by atoms with Gasteiger partial charge in [-0.15, -0.1) is 0 Å². The number of imidazole rings is 1. The minimum absolute atomic E-state index is 0.0707. The number of H-pyrrole nitrogens is 2. The maximum Gasteiger partial charge on any atom is 0.389 e. The summed E-state index contributed by atoms with van der Waals surface area (Å²) in [6.45, 7) is 0. The molecule has 1 heterocycles. The molecule has 0 amide bonds. The van der Waals surface area contributed by atoms with Crippen LogP contribution in [0.3, 0.4) is 0 Å². The van der Waals surface area contributed by atoms with Gasteiger partial charge in [0.15, 0.2) is 0 Å². The summed E-state index contributed by atoms with van der Waals surface area (Å²) in [5.74, 6) is 0. The van der Waals surface area contributed by atoms with Crippen molar-refractivity contribution < 1.29 is 13.2 Å². The molecule has 0 bridgehead atoms. The number of halogens is 4. The van der Waals surface area contributed by atoms with Crippen molar-refractivity contribution in [1.29, 1.82) is 0 Å². The molecule has 1 atom stereocenters. The smallest absolute Gasteiger partial charge is 0.313 e. The molecule has 0 aliphatic rings. The highest BCUT2D eigenvalue weighted by atomic mass is 79.9. The fraction of sp³-hybridized carbons (Fsp3) is 0.417. The molecule has 2 rings (SSSR count). The lowest BCUT2D eigenvalue weighted by atomic mass is 10.0. The van der Waals surface area contributed by atoms with Gasteiger partial charge in [0.05, 0.1) is 11.0 Å². The number of fused-ring (bicyclic) bond motifs is 1. The quantitative estimate of drug-likeness (QED) is 0.791. The second-order valence-corrected chi connectivity index (χ2v) is 5.35. The van der Waals surface area contributed by atoms with Gasteiger partial charge >= 0.3 is 11.9 Å². The third kappa shape index (κ3) is 3.43. The van der Waals surface area contributed by atoms with E-state index in [2.05, 4.69) is 31.2 Å². The molecule has 1 aromatic carbocycles. The first-order valence-electron chi connectivity index (χ1n) is 5.95. The molecule has 1 unspecified atom stereocenters. The van der Waals surface area contributed by atoms with Gasteiger partial charge in [-0.05, 0) is 31.2 Å². The Balaban J connectivity index is 2.33. The molecule has 4 nitrogen and oxygen atoms in total. The molecular formula is C12H13BrF3N3O. The lowest BCUT2D eigenvalue weighted by Crippen LogP contribution is -2.20. The average Bonchev–Trinajstić information content (AvgIpc) is 2.67. The SMILES string of the molecule is CNC(CCC(F)(F)F)c1cc2[nH]c(=O)[nH]c2cc1Br. The molecule has 1 aromatic heterocycles. The van der Waals surface area contributed by atoms with Gasteiger partial charge in [-0.25, -0.2) is 4.79 Å². The lowest BCUT2D eigenvalue weighted by Gasteiger charge is -2.19. The van der Waals surface area contributed by atoms with Crippen LogP contribution >= 0.6 is 15.9 Å². The third-order valence-corrected chi connectivity index (χ3v) is 3.76. The van der Waals surface area contributed by atoms with E-state index >= 15 is 0 Å². The second-order valence-electron chi connectivity index (χ2n) is 4.49. The van der Waals surface area contributed by atoms with E-state index in [0.29, 0.717) is 21.1 Å². The zero-order valence-electron chi connectivity index (χ0n) is 10.6. The molecule has 0 saturated carbocycles. The topological polar surface area (TPSA) is 60.7 Å². The second kappa shape index (κ2) is 5.61. The van der Waals surface area contributed by atoms with Gasteiger partial charge in [-0.3, -0.25) is 0 Å². The predicted octanol–water partition coefficient (Wildman–Crippen LogP) is 3.22.